The highest BCUT2D eigenvalue weighted by molar-refractivity contribution is 5.87. The maximum Gasteiger partial charge on any atom is 0.326 e. The minimum atomic E-state index is -0.986. The van der Waals surface area contributed by atoms with Gasteiger partial charge in [-0.1, -0.05) is 0 Å². The Labute approximate surface area is 112 Å². The van der Waals surface area contributed by atoms with Crippen molar-refractivity contribution in [2.75, 3.05) is 26.2 Å². The monoisotopic (exact) mass is 271 g/mol. The molecule has 7 nitrogen and oxygen atoms in total. The number of urea groups is 1. The summed E-state index contributed by atoms with van der Waals surface area (Å²) >= 11 is 0. The van der Waals surface area contributed by atoms with Gasteiger partial charge in [0, 0.05) is 19.6 Å². The molecular weight excluding hydrogens is 250 g/mol. The van der Waals surface area contributed by atoms with E-state index in [1.54, 1.807) is 13.8 Å². The van der Waals surface area contributed by atoms with E-state index in [0.29, 0.717) is 32.5 Å². The van der Waals surface area contributed by atoms with E-state index in [1.165, 1.54) is 9.80 Å². The fourth-order valence-electron chi connectivity index (χ4n) is 2.18. The lowest BCUT2D eigenvalue weighted by atomic mass is 10.2. The number of nitrogens with zero attached hydrogens (tertiary/aromatic N) is 2. The van der Waals surface area contributed by atoms with Crippen LogP contribution in [-0.2, 0) is 9.59 Å². The molecular formula is C12H21N3O4. The zero-order chi connectivity index (χ0) is 14.4. The van der Waals surface area contributed by atoms with Crippen molar-refractivity contribution >= 4 is 17.9 Å². The molecule has 0 saturated carbocycles. The molecule has 0 radical (unpaired) electrons. The van der Waals surface area contributed by atoms with Crippen LogP contribution in [0.1, 0.15) is 26.7 Å². The number of carboxylic acids is 1. The molecule has 0 spiro atoms. The minimum absolute atomic E-state index is 0.0357. The largest absolute Gasteiger partial charge is 0.480 e. The van der Waals surface area contributed by atoms with Crippen molar-refractivity contribution in [2.45, 2.75) is 32.7 Å². The van der Waals surface area contributed by atoms with Crippen molar-refractivity contribution in [2.24, 2.45) is 0 Å². The second-order valence-electron chi connectivity index (χ2n) is 4.44. The number of nitrogens with one attached hydrogen (secondary N) is 1. The number of carbonyl (C=O) groups excluding carboxylic acids is 2. The number of carboxylic acid groups (broad SMARTS) is 1. The van der Waals surface area contributed by atoms with E-state index in [4.69, 9.17) is 5.11 Å². The second-order valence-corrected chi connectivity index (χ2v) is 4.44. The van der Waals surface area contributed by atoms with Crippen LogP contribution in [0.15, 0.2) is 0 Å². The third kappa shape index (κ3) is 3.84. The molecule has 1 heterocycles. The molecule has 0 aromatic carbocycles. The first-order valence-corrected chi connectivity index (χ1v) is 6.56. The van der Waals surface area contributed by atoms with E-state index in [-0.39, 0.29) is 18.5 Å². The molecule has 2 N–H and O–H groups in total. The fraction of sp³-hybridized carbons (Fsp3) is 0.750. The van der Waals surface area contributed by atoms with E-state index in [9.17, 15) is 14.4 Å². The lowest BCUT2D eigenvalue weighted by Gasteiger charge is -2.29. The van der Waals surface area contributed by atoms with Crippen LogP contribution in [0.3, 0.4) is 0 Å². The summed E-state index contributed by atoms with van der Waals surface area (Å²) in [6, 6.07) is -1.14. The molecule has 7 heteroatoms. The standard InChI is InChI=1S/C12H21N3O4/c1-3-13-10(16)8-14(4-2)12(19)15-7-5-6-9(15)11(17)18/h9H,3-8H2,1-2H3,(H,13,16)(H,17,18)/t9-/m0/s1. The van der Waals surface area contributed by atoms with Crippen molar-refractivity contribution in [3.8, 4) is 0 Å². The third-order valence-corrected chi connectivity index (χ3v) is 3.14. The highest BCUT2D eigenvalue weighted by atomic mass is 16.4. The summed E-state index contributed by atoms with van der Waals surface area (Å²) in [4.78, 5) is 37.5. The summed E-state index contributed by atoms with van der Waals surface area (Å²) in [5, 5.41) is 11.7. The predicted octanol–water partition coefficient (Wildman–Crippen LogP) is 0.113. The van der Waals surface area contributed by atoms with Gasteiger partial charge in [0.1, 0.15) is 12.6 Å². The molecule has 1 atom stereocenters. The number of hydrogen-bond acceptors (Lipinski definition) is 3. The van der Waals surface area contributed by atoms with Crippen LogP contribution in [0.2, 0.25) is 0 Å². The predicted molar refractivity (Wildman–Crippen MR) is 68.7 cm³/mol. The molecule has 1 rings (SSSR count). The first-order valence-electron chi connectivity index (χ1n) is 6.56. The van der Waals surface area contributed by atoms with Crippen LogP contribution in [-0.4, -0.2) is 65.0 Å². The normalized spacial score (nSPS) is 18.2. The smallest absolute Gasteiger partial charge is 0.326 e. The van der Waals surface area contributed by atoms with Gasteiger partial charge in [0.15, 0.2) is 0 Å². The van der Waals surface area contributed by atoms with Gasteiger partial charge in [-0.3, -0.25) is 4.79 Å². The quantitative estimate of drug-likeness (QED) is 0.743. The Morgan fingerprint density at radius 2 is 2.05 bits per heavy atom. The van der Waals surface area contributed by atoms with E-state index >= 15 is 0 Å². The molecule has 0 aliphatic carbocycles. The molecule has 0 unspecified atom stereocenters. The molecule has 1 aliphatic rings. The topological polar surface area (TPSA) is 90.0 Å². The van der Waals surface area contributed by atoms with E-state index in [0.717, 1.165) is 0 Å². The zero-order valence-corrected chi connectivity index (χ0v) is 11.4. The number of hydrogen-bond donors (Lipinski definition) is 2. The number of likely N-dealkylation sites (tertiary alicyclic amines) is 1. The maximum atomic E-state index is 12.2. The van der Waals surface area contributed by atoms with Crippen LogP contribution in [0, 0.1) is 0 Å². The van der Waals surface area contributed by atoms with E-state index < -0.39 is 12.0 Å². The summed E-state index contributed by atoms with van der Waals surface area (Å²) in [5.41, 5.74) is 0. The molecule has 0 aromatic heterocycles. The Morgan fingerprint density at radius 1 is 1.37 bits per heavy atom. The van der Waals surface area contributed by atoms with Gasteiger partial charge in [-0.2, -0.15) is 0 Å². The summed E-state index contributed by atoms with van der Waals surface area (Å²) < 4.78 is 0. The van der Waals surface area contributed by atoms with E-state index in [2.05, 4.69) is 5.32 Å². The van der Waals surface area contributed by atoms with Crippen LogP contribution >= 0.6 is 0 Å². The molecule has 19 heavy (non-hydrogen) atoms. The van der Waals surface area contributed by atoms with Gasteiger partial charge in [-0.05, 0) is 26.7 Å². The molecule has 1 saturated heterocycles. The minimum Gasteiger partial charge on any atom is -0.480 e. The zero-order valence-electron chi connectivity index (χ0n) is 11.4. The lowest BCUT2D eigenvalue weighted by Crippen LogP contribution is -2.50. The Kier molecular flexibility index (Phi) is 5.59. The van der Waals surface area contributed by atoms with Gasteiger partial charge in [-0.25, -0.2) is 9.59 Å². The summed E-state index contributed by atoms with van der Waals surface area (Å²) in [5.74, 6) is -1.22. The first-order chi connectivity index (χ1) is 9.01. The molecule has 3 amide bonds. The number of amides is 3. The average Bonchev–Trinajstić information content (AvgIpc) is 2.84. The molecule has 0 aromatic rings. The van der Waals surface area contributed by atoms with Crippen molar-refractivity contribution in [1.82, 2.24) is 15.1 Å². The van der Waals surface area contributed by atoms with Crippen LogP contribution in [0.4, 0.5) is 4.79 Å². The van der Waals surface area contributed by atoms with Gasteiger partial charge < -0.3 is 20.2 Å². The second kappa shape index (κ2) is 6.96. The number of aliphatic carboxylic acids is 1. The van der Waals surface area contributed by atoms with Crippen LogP contribution in [0.5, 0.6) is 0 Å². The Bertz CT molecular complexity index is 359. The van der Waals surface area contributed by atoms with E-state index in [1.807, 2.05) is 0 Å². The van der Waals surface area contributed by atoms with Crippen molar-refractivity contribution in [3.63, 3.8) is 0 Å². The van der Waals surface area contributed by atoms with Crippen molar-refractivity contribution < 1.29 is 19.5 Å². The van der Waals surface area contributed by atoms with Gasteiger partial charge in [0.25, 0.3) is 0 Å². The molecule has 0 bridgehead atoms. The highest BCUT2D eigenvalue weighted by Gasteiger charge is 2.36. The van der Waals surface area contributed by atoms with Gasteiger partial charge in [-0.15, -0.1) is 0 Å². The summed E-state index contributed by atoms with van der Waals surface area (Å²) in [6.45, 7) is 4.85. The molecule has 1 aliphatic heterocycles. The summed E-state index contributed by atoms with van der Waals surface area (Å²) in [7, 11) is 0. The highest BCUT2D eigenvalue weighted by Crippen LogP contribution is 2.19. The lowest BCUT2D eigenvalue weighted by molar-refractivity contribution is -0.141. The summed E-state index contributed by atoms with van der Waals surface area (Å²) in [6.07, 6.45) is 1.15. The van der Waals surface area contributed by atoms with Gasteiger partial charge in [0.05, 0.1) is 0 Å². The third-order valence-electron chi connectivity index (χ3n) is 3.14. The first kappa shape index (κ1) is 15.3. The number of likely N-dealkylation sites (N-methyl/N-ethyl adjacent to an activating group) is 2. The van der Waals surface area contributed by atoms with Gasteiger partial charge in [0.2, 0.25) is 5.91 Å². The SMILES string of the molecule is CCNC(=O)CN(CC)C(=O)N1CCC[C@H]1C(=O)O. The Hall–Kier alpha value is -1.79. The molecule has 108 valence electrons. The van der Waals surface area contributed by atoms with Crippen LogP contribution in [0.25, 0.3) is 0 Å². The number of carbonyl (C=O) groups is 3. The maximum absolute atomic E-state index is 12.2. The fourth-order valence-corrected chi connectivity index (χ4v) is 2.18. The molecule has 1 fully saturated rings. The van der Waals surface area contributed by atoms with Crippen molar-refractivity contribution in [3.05, 3.63) is 0 Å². The average molecular weight is 271 g/mol. The Balaban J connectivity index is 2.67. The number of rotatable bonds is 5. The van der Waals surface area contributed by atoms with Crippen molar-refractivity contribution in [1.29, 1.82) is 0 Å². The van der Waals surface area contributed by atoms with Gasteiger partial charge >= 0.3 is 12.0 Å². The van der Waals surface area contributed by atoms with Crippen LogP contribution < -0.4 is 5.32 Å². The Morgan fingerprint density at radius 3 is 2.58 bits per heavy atom.